The molecule has 0 nitrogen and oxygen atoms in total. The second kappa shape index (κ2) is 3.16. The molecule has 0 bridgehead atoms. The van der Waals surface area contributed by atoms with E-state index in [9.17, 15) is 8.78 Å². The highest BCUT2D eigenvalue weighted by Gasteiger charge is 2.44. The number of alkyl halides is 2. The van der Waals surface area contributed by atoms with E-state index in [1.807, 2.05) is 26.0 Å². The third-order valence-corrected chi connectivity index (χ3v) is 3.32. The molecule has 0 saturated heterocycles. The van der Waals surface area contributed by atoms with Gasteiger partial charge in [0.15, 0.2) is 0 Å². The van der Waals surface area contributed by atoms with Crippen molar-refractivity contribution in [2.45, 2.75) is 19.8 Å². The van der Waals surface area contributed by atoms with Crippen LogP contribution in [0.2, 0.25) is 0 Å². The van der Waals surface area contributed by atoms with Crippen LogP contribution >= 0.6 is 0 Å². The number of rotatable bonds is 0. The summed E-state index contributed by atoms with van der Waals surface area (Å²) in [7, 11) is 0. The molecule has 86 valence electrons. The van der Waals surface area contributed by atoms with Gasteiger partial charge in [-0.25, -0.2) is 0 Å². The van der Waals surface area contributed by atoms with E-state index in [2.05, 4.69) is 0 Å². The first kappa shape index (κ1) is 10.5. The Morgan fingerprint density at radius 3 is 1.59 bits per heavy atom. The molecule has 0 radical (unpaired) electrons. The van der Waals surface area contributed by atoms with Gasteiger partial charge in [0, 0.05) is 11.1 Å². The Bertz CT molecular complexity index is 559. The molecule has 1 aliphatic rings. The maximum Gasteiger partial charge on any atom is 0.299 e. The first-order valence-electron chi connectivity index (χ1n) is 5.60. The van der Waals surface area contributed by atoms with Crippen LogP contribution in [0.5, 0.6) is 0 Å². The Morgan fingerprint density at radius 2 is 1.18 bits per heavy atom. The molecule has 3 rings (SSSR count). The molecule has 0 N–H and O–H groups in total. The fourth-order valence-corrected chi connectivity index (χ4v) is 2.45. The summed E-state index contributed by atoms with van der Waals surface area (Å²) in [5.74, 6) is -2.86. The Morgan fingerprint density at radius 1 is 0.765 bits per heavy atom. The minimum Gasteiger partial charge on any atom is -0.196 e. The molecule has 0 unspecified atom stereocenters. The molecular formula is C15H12F2. The van der Waals surface area contributed by atoms with Gasteiger partial charge >= 0.3 is 0 Å². The van der Waals surface area contributed by atoms with Gasteiger partial charge in [-0.1, -0.05) is 35.4 Å². The van der Waals surface area contributed by atoms with E-state index in [1.54, 1.807) is 24.3 Å². The van der Waals surface area contributed by atoms with Crippen LogP contribution in [-0.4, -0.2) is 0 Å². The summed E-state index contributed by atoms with van der Waals surface area (Å²) in [6, 6.07) is 10.5. The van der Waals surface area contributed by atoms with Crippen LogP contribution in [0.3, 0.4) is 0 Å². The molecule has 0 aromatic heterocycles. The van der Waals surface area contributed by atoms with Crippen molar-refractivity contribution in [1.82, 2.24) is 0 Å². The number of hydrogen-bond acceptors (Lipinski definition) is 0. The van der Waals surface area contributed by atoms with Crippen LogP contribution in [0.25, 0.3) is 11.1 Å². The highest BCUT2D eigenvalue weighted by atomic mass is 19.3. The van der Waals surface area contributed by atoms with Gasteiger partial charge in [-0.3, -0.25) is 0 Å². The highest BCUT2D eigenvalue weighted by molar-refractivity contribution is 5.79. The first-order valence-corrected chi connectivity index (χ1v) is 5.60. The minimum absolute atomic E-state index is 0.137. The van der Waals surface area contributed by atoms with Crippen LogP contribution in [0.15, 0.2) is 36.4 Å². The standard InChI is InChI=1S/C15H12F2/c1-9-3-5-11-12-6-4-10(2)8-14(12)15(16,17)13(11)7-9/h3-8H,1-2H3. The average molecular weight is 230 g/mol. The summed E-state index contributed by atoms with van der Waals surface area (Å²) in [6.45, 7) is 3.68. The van der Waals surface area contributed by atoms with Crippen LogP contribution in [0.4, 0.5) is 8.78 Å². The fourth-order valence-electron chi connectivity index (χ4n) is 2.45. The molecule has 2 aromatic rings. The molecule has 2 aromatic carbocycles. The summed E-state index contributed by atoms with van der Waals surface area (Å²) in [4.78, 5) is 0. The van der Waals surface area contributed by atoms with Crippen molar-refractivity contribution in [3.8, 4) is 11.1 Å². The second-order valence-electron chi connectivity index (χ2n) is 4.67. The predicted octanol–water partition coefficient (Wildman–Crippen LogP) is 4.42. The van der Waals surface area contributed by atoms with Crippen molar-refractivity contribution < 1.29 is 8.78 Å². The molecule has 0 amide bonds. The van der Waals surface area contributed by atoms with Crippen molar-refractivity contribution in [2.24, 2.45) is 0 Å². The maximum absolute atomic E-state index is 14.3. The van der Waals surface area contributed by atoms with Crippen molar-refractivity contribution in [3.63, 3.8) is 0 Å². The molecule has 0 aliphatic heterocycles. The van der Waals surface area contributed by atoms with E-state index in [4.69, 9.17) is 0 Å². The Balaban J connectivity index is 2.37. The smallest absolute Gasteiger partial charge is 0.196 e. The zero-order valence-electron chi connectivity index (χ0n) is 9.72. The van der Waals surface area contributed by atoms with Gasteiger partial charge < -0.3 is 0 Å². The van der Waals surface area contributed by atoms with Crippen LogP contribution in [0.1, 0.15) is 22.3 Å². The van der Waals surface area contributed by atoms with E-state index in [1.165, 1.54) is 0 Å². The summed E-state index contributed by atoms with van der Waals surface area (Å²) in [5.41, 5.74) is 3.34. The van der Waals surface area contributed by atoms with E-state index < -0.39 is 5.92 Å². The molecule has 2 heteroatoms. The summed E-state index contributed by atoms with van der Waals surface area (Å²) in [5, 5.41) is 0. The van der Waals surface area contributed by atoms with Crippen molar-refractivity contribution in [2.75, 3.05) is 0 Å². The third-order valence-electron chi connectivity index (χ3n) is 3.32. The molecule has 1 aliphatic carbocycles. The summed E-state index contributed by atoms with van der Waals surface area (Å²) >= 11 is 0. The lowest BCUT2D eigenvalue weighted by Crippen LogP contribution is -2.11. The number of aryl methyl sites for hydroxylation is 2. The van der Waals surface area contributed by atoms with E-state index in [0.717, 1.165) is 11.1 Å². The van der Waals surface area contributed by atoms with Gasteiger partial charge in [0.25, 0.3) is 5.92 Å². The monoisotopic (exact) mass is 230 g/mol. The van der Waals surface area contributed by atoms with Crippen molar-refractivity contribution in [1.29, 1.82) is 0 Å². The Labute approximate surface area is 98.9 Å². The molecule has 0 saturated carbocycles. The van der Waals surface area contributed by atoms with E-state index in [0.29, 0.717) is 11.1 Å². The lowest BCUT2D eigenvalue weighted by molar-refractivity contribution is 0.0479. The number of benzene rings is 2. The molecule has 0 fully saturated rings. The number of hydrogen-bond donors (Lipinski definition) is 0. The van der Waals surface area contributed by atoms with Gasteiger partial charge in [0.1, 0.15) is 0 Å². The molecule has 0 spiro atoms. The average Bonchev–Trinajstić information content (AvgIpc) is 2.49. The maximum atomic E-state index is 14.3. The highest BCUT2D eigenvalue weighted by Crippen LogP contribution is 2.51. The second-order valence-corrected chi connectivity index (χ2v) is 4.67. The SMILES string of the molecule is Cc1ccc2c(c1)C(F)(F)c1cc(C)ccc1-2. The fraction of sp³-hybridized carbons (Fsp3) is 0.200. The van der Waals surface area contributed by atoms with Gasteiger partial charge in [-0.15, -0.1) is 0 Å². The summed E-state index contributed by atoms with van der Waals surface area (Å²) in [6.07, 6.45) is 0. The van der Waals surface area contributed by atoms with Gasteiger partial charge in [-0.05, 0) is 37.1 Å². The number of fused-ring (bicyclic) bond motifs is 3. The first-order chi connectivity index (χ1) is 8.00. The van der Waals surface area contributed by atoms with Crippen molar-refractivity contribution >= 4 is 0 Å². The van der Waals surface area contributed by atoms with Crippen LogP contribution in [-0.2, 0) is 5.92 Å². The van der Waals surface area contributed by atoms with Crippen molar-refractivity contribution in [3.05, 3.63) is 58.7 Å². The largest absolute Gasteiger partial charge is 0.299 e. The van der Waals surface area contributed by atoms with E-state index in [-0.39, 0.29) is 11.1 Å². The quantitative estimate of drug-likeness (QED) is 0.628. The lowest BCUT2D eigenvalue weighted by atomic mass is 10.0. The van der Waals surface area contributed by atoms with Crippen LogP contribution < -0.4 is 0 Å². The van der Waals surface area contributed by atoms with Gasteiger partial charge in [0.2, 0.25) is 0 Å². The Kier molecular flexibility index (Phi) is 1.94. The molecular weight excluding hydrogens is 218 g/mol. The number of halogens is 2. The normalized spacial score (nSPS) is 15.5. The van der Waals surface area contributed by atoms with Gasteiger partial charge in [-0.2, -0.15) is 8.78 Å². The zero-order chi connectivity index (χ0) is 12.2. The third kappa shape index (κ3) is 1.33. The van der Waals surface area contributed by atoms with E-state index >= 15 is 0 Å². The predicted molar refractivity (Wildman–Crippen MR) is 64.3 cm³/mol. The minimum atomic E-state index is -2.86. The molecule has 0 atom stereocenters. The Hall–Kier alpha value is -1.70. The zero-order valence-corrected chi connectivity index (χ0v) is 9.72. The molecule has 17 heavy (non-hydrogen) atoms. The van der Waals surface area contributed by atoms with Gasteiger partial charge in [0.05, 0.1) is 0 Å². The van der Waals surface area contributed by atoms with Crippen LogP contribution in [0, 0.1) is 13.8 Å². The topological polar surface area (TPSA) is 0 Å². The molecule has 0 heterocycles. The summed E-state index contributed by atoms with van der Waals surface area (Å²) < 4.78 is 28.6. The lowest BCUT2D eigenvalue weighted by Gasteiger charge is -2.12.